The molecule has 0 aromatic heterocycles. The molecule has 1 aliphatic heterocycles. The summed E-state index contributed by atoms with van der Waals surface area (Å²) in [6.45, 7) is 4.23. The third kappa shape index (κ3) is 4.21. The zero-order valence-electron chi connectivity index (χ0n) is 10.4. The number of amides is 1. The van der Waals surface area contributed by atoms with Gasteiger partial charge in [0.2, 0.25) is 0 Å². The van der Waals surface area contributed by atoms with Gasteiger partial charge in [-0.3, -0.25) is 14.4 Å². The lowest BCUT2D eigenvalue weighted by Crippen LogP contribution is -2.31. The van der Waals surface area contributed by atoms with Crippen molar-refractivity contribution in [1.82, 2.24) is 5.32 Å². The van der Waals surface area contributed by atoms with Crippen LogP contribution in [0.1, 0.15) is 20.3 Å². The fourth-order valence-corrected chi connectivity index (χ4v) is 2.53. The molecular weight excluding hydrogens is 258 g/mol. The predicted molar refractivity (Wildman–Crippen MR) is 66.2 cm³/mol. The number of rotatable bonds is 6. The van der Waals surface area contributed by atoms with Crippen LogP contribution in [0.3, 0.4) is 0 Å². The van der Waals surface area contributed by atoms with Gasteiger partial charge in [0.1, 0.15) is 0 Å². The van der Waals surface area contributed by atoms with Crippen molar-refractivity contribution in [1.29, 1.82) is 0 Å². The molecule has 7 heteroatoms. The van der Waals surface area contributed by atoms with Crippen molar-refractivity contribution in [3.8, 4) is 0 Å². The highest BCUT2D eigenvalue weighted by atomic mass is 32.2. The first kappa shape index (κ1) is 14.8. The Labute approximate surface area is 110 Å². The first-order valence-corrected chi connectivity index (χ1v) is 6.74. The monoisotopic (exact) mass is 275 g/mol. The highest BCUT2D eigenvalue weighted by Crippen LogP contribution is 2.25. The second kappa shape index (κ2) is 7.25. The molecule has 1 unspecified atom stereocenters. The molecule has 1 atom stereocenters. The molecule has 0 spiro atoms. The quantitative estimate of drug-likeness (QED) is 0.574. The zero-order chi connectivity index (χ0) is 13.5. The van der Waals surface area contributed by atoms with E-state index >= 15 is 0 Å². The summed E-state index contributed by atoms with van der Waals surface area (Å²) in [5, 5.41) is 2.40. The Morgan fingerprint density at radius 3 is 2.28 bits per heavy atom. The van der Waals surface area contributed by atoms with E-state index in [1.807, 2.05) is 0 Å². The van der Waals surface area contributed by atoms with E-state index in [2.05, 4.69) is 5.32 Å². The summed E-state index contributed by atoms with van der Waals surface area (Å²) in [6, 6.07) is 0. The Morgan fingerprint density at radius 1 is 1.33 bits per heavy atom. The fourth-order valence-electron chi connectivity index (χ4n) is 1.60. The number of hydrogen-bond acceptors (Lipinski definition) is 6. The van der Waals surface area contributed by atoms with Gasteiger partial charge in [-0.1, -0.05) is 11.8 Å². The molecule has 6 nitrogen and oxygen atoms in total. The van der Waals surface area contributed by atoms with Gasteiger partial charge in [0.25, 0.3) is 5.24 Å². The van der Waals surface area contributed by atoms with Gasteiger partial charge in [0, 0.05) is 11.8 Å². The Hall–Kier alpha value is -1.24. The van der Waals surface area contributed by atoms with Crippen molar-refractivity contribution in [2.75, 3.05) is 19.8 Å². The van der Waals surface area contributed by atoms with Crippen molar-refractivity contribution >= 4 is 28.9 Å². The molecule has 0 aliphatic carbocycles. The van der Waals surface area contributed by atoms with E-state index in [-0.39, 0.29) is 30.1 Å². The molecule has 1 amide bonds. The van der Waals surface area contributed by atoms with Crippen molar-refractivity contribution in [2.45, 2.75) is 25.5 Å². The molecule has 1 aliphatic rings. The van der Waals surface area contributed by atoms with E-state index in [4.69, 9.17) is 9.47 Å². The van der Waals surface area contributed by atoms with Gasteiger partial charge in [0.05, 0.1) is 13.2 Å². The van der Waals surface area contributed by atoms with Crippen LogP contribution in [-0.4, -0.2) is 42.2 Å². The number of hydrogen-bond donors (Lipinski definition) is 1. The van der Waals surface area contributed by atoms with Gasteiger partial charge in [-0.25, -0.2) is 0 Å². The van der Waals surface area contributed by atoms with Gasteiger partial charge in [-0.15, -0.1) is 0 Å². The van der Waals surface area contributed by atoms with Crippen molar-refractivity contribution in [3.05, 3.63) is 0 Å². The Balaban J connectivity index is 2.61. The van der Waals surface area contributed by atoms with Gasteiger partial charge < -0.3 is 14.8 Å². The number of thioether (sulfide) groups is 1. The van der Waals surface area contributed by atoms with Crippen LogP contribution in [0, 0.1) is 5.92 Å². The lowest BCUT2D eigenvalue weighted by atomic mass is 10.0. The van der Waals surface area contributed by atoms with Crippen LogP contribution in [0.25, 0.3) is 0 Å². The number of carbonyl (C=O) groups is 3. The highest BCUT2D eigenvalue weighted by molar-refractivity contribution is 8.14. The van der Waals surface area contributed by atoms with Gasteiger partial charge in [-0.2, -0.15) is 0 Å². The van der Waals surface area contributed by atoms with E-state index in [0.717, 1.165) is 11.8 Å². The molecule has 102 valence electrons. The van der Waals surface area contributed by atoms with E-state index in [0.29, 0.717) is 6.54 Å². The average molecular weight is 275 g/mol. The lowest BCUT2D eigenvalue weighted by Gasteiger charge is -2.16. The standard InChI is InChI=1S/C11H17NO5S/c1-3-16-9(13)8(10(14)17-4-2)5-7-6-12-11(15)18-7/h7-8H,3-6H2,1-2H3,(H,12,15). The molecule has 1 heterocycles. The fraction of sp³-hybridized carbons (Fsp3) is 0.727. The second-order valence-electron chi connectivity index (χ2n) is 3.70. The molecule has 0 aromatic rings. The molecule has 0 aromatic carbocycles. The number of carbonyl (C=O) groups excluding carboxylic acids is 3. The summed E-state index contributed by atoms with van der Waals surface area (Å²) in [6.07, 6.45) is 0.251. The summed E-state index contributed by atoms with van der Waals surface area (Å²) in [5.74, 6) is -2.12. The normalized spacial score (nSPS) is 18.6. The largest absolute Gasteiger partial charge is 0.465 e. The molecule has 0 bridgehead atoms. The third-order valence-electron chi connectivity index (χ3n) is 2.39. The number of esters is 2. The van der Waals surface area contributed by atoms with Crippen LogP contribution in [0.2, 0.25) is 0 Å². The number of nitrogens with one attached hydrogen (secondary N) is 1. The summed E-state index contributed by atoms with van der Waals surface area (Å²) in [4.78, 5) is 34.4. The lowest BCUT2D eigenvalue weighted by molar-refractivity contribution is -0.161. The van der Waals surface area contributed by atoms with Gasteiger partial charge >= 0.3 is 11.9 Å². The molecule has 1 fully saturated rings. The smallest absolute Gasteiger partial charge is 0.320 e. The summed E-state index contributed by atoms with van der Waals surface area (Å²) in [7, 11) is 0. The molecule has 0 radical (unpaired) electrons. The summed E-state index contributed by atoms with van der Waals surface area (Å²) >= 11 is 1.10. The third-order valence-corrected chi connectivity index (χ3v) is 3.44. The minimum Gasteiger partial charge on any atom is -0.465 e. The molecule has 18 heavy (non-hydrogen) atoms. The Kier molecular flexibility index (Phi) is 5.97. The molecule has 1 rings (SSSR count). The second-order valence-corrected chi connectivity index (χ2v) is 4.97. The Morgan fingerprint density at radius 2 is 1.89 bits per heavy atom. The molecule has 1 N–H and O–H groups in total. The highest BCUT2D eigenvalue weighted by Gasteiger charge is 2.35. The minimum absolute atomic E-state index is 0.101. The molecule has 0 saturated carbocycles. The maximum Gasteiger partial charge on any atom is 0.320 e. The SMILES string of the molecule is CCOC(=O)C(CC1CNC(=O)S1)C(=O)OCC. The van der Waals surface area contributed by atoms with Gasteiger partial charge in [0.15, 0.2) is 5.92 Å². The topological polar surface area (TPSA) is 81.7 Å². The average Bonchev–Trinajstić information content (AvgIpc) is 2.72. The van der Waals surface area contributed by atoms with Crippen LogP contribution in [0.5, 0.6) is 0 Å². The van der Waals surface area contributed by atoms with Crippen molar-refractivity contribution in [2.24, 2.45) is 5.92 Å². The summed E-state index contributed by atoms with van der Waals surface area (Å²) in [5.41, 5.74) is 0. The van der Waals surface area contributed by atoms with Crippen LogP contribution >= 0.6 is 11.8 Å². The van der Waals surface area contributed by atoms with E-state index in [1.54, 1.807) is 13.8 Å². The van der Waals surface area contributed by atoms with E-state index < -0.39 is 17.9 Å². The van der Waals surface area contributed by atoms with E-state index in [1.165, 1.54) is 0 Å². The maximum absolute atomic E-state index is 11.7. The van der Waals surface area contributed by atoms with Crippen LogP contribution in [0.15, 0.2) is 0 Å². The number of ether oxygens (including phenoxy) is 2. The predicted octanol–water partition coefficient (Wildman–Crippen LogP) is 0.944. The minimum atomic E-state index is -0.949. The first-order valence-electron chi connectivity index (χ1n) is 5.86. The van der Waals surface area contributed by atoms with Crippen molar-refractivity contribution < 1.29 is 23.9 Å². The van der Waals surface area contributed by atoms with Crippen LogP contribution in [0.4, 0.5) is 4.79 Å². The maximum atomic E-state index is 11.7. The van der Waals surface area contributed by atoms with Crippen LogP contribution < -0.4 is 5.32 Å². The summed E-state index contributed by atoms with van der Waals surface area (Å²) < 4.78 is 9.71. The van der Waals surface area contributed by atoms with E-state index in [9.17, 15) is 14.4 Å². The molecule has 1 saturated heterocycles. The van der Waals surface area contributed by atoms with Crippen molar-refractivity contribution in [3.63, 3.8) is 0 Å². The molecular formula is C11H17NO5S. The Bertz CT molecular complexity index is 315. The van der Waals surface area contributed by atoms with Crippen LogP contribution in [-0.2, 0) is 19.1 Å². The first-order chi connectivity index (χ1) is 8.58. The van der Waals surface area contributed by atoms with Gasteiger partial charge in [-0.05, 0) is 20.3 Å². The zero-order valence-corrected chi connectivity index (χ0v) is 11.2.